The number of aryl methyl sites for hydroxylation is 2. The van der Waals surface area contributed by atoms with E-state index in [0.29, 0.717) is 71.6 Å². The number of alkyl halides is 2. The average molecular weight is 1030 g/mol. The summed E-state index contributed by atoms with van der Waals surface area (Å²) in [6.07, 6.45) is 9.55. The second-order valence-corrected chi connectivity index (χ2v) is 22.1. The van der Waals surface area contributed by atoms with E-state index >= 15 is 0 Å². The van der Waals surface area contributed by atoms with Gasteiger partial charge in [-0.1, -0.05) is 39.3 Å². The molecule has 4 aromatic heterocycles. The first-order valence-electron chi connectivity index (χ1n) is 25.6. The Bertz CT molecular complexity index is 3170. The number of aromatic nitrogens is 8. The number of piperazine rings is 1. The third-order valence-corrected chi connectivity index (χ3v) is 16.5. The Labute approximate surface area is 434 Å². The van der Waals surface area contributed by atoms with Gasteiger partial charge in [-0.2, -0.15) is 15.5 Å². The molecule has 4 aliphatic heterocycles. The van der Waals surface area contributed by atoms with Crippen molar-refractivity contribution in [1.29, 1.82) is 5.26 Å². The molecule has 0 bridgehead atoms. The van der Waals surface area contributed by atoms with Crippen LogP contribution in [0.15, 0.2) is 61.3 Å². The number of anilines is 3. The summed E-state index contributed by atoms with van der Waals surface area (Å²) in [4.78, 5) is 49.1. The summed E-state index contributed by atoms with van der Waals surface area (Å²) in [5.74, 6) is 2.69. The lowest BCUT2D eigenvalue weighted by Crippen LogP contribution is -2.74. The summed E-state index contributed by atoms with van der Waals surface area (Å²) < 4.78 is 42.2. The maximum Gasteiger partial charge on any atom is 0.264 e. The van der Waals surface area contributed by atoms with Crippen LogP contribution in [0.2, 0.25) is 5.02 Å². The highest BCUT2D eigenvalue weighted by atomic mass is 35.5. The lowest BCUT2D eigenvalue weighted by molar-refractivity contribution is -0.164. The molecule has 386 valence electrons. The molecule has 1 N–H and O–H groups in total. The van der Waals surface area contributed by atoms with E-state index in [0.717, 1.165) is 98.3 Å². The van der Waals surface area contributed by atoms with Crippen molar-refractivity contribution in [2.45, 2.75) is 111 Å². The molecule has 2 amide bonds. The van der Waals surface area contributed by atoms with Crippen molar-refractivity contribution < 1.29 is 23.1 Å². The highest BCUT2D eigenvalue weighted by molar-refractivity contribution is 6.31. The van der Waals surface area contributed by atoms with Crippen molar-refractivity contribution in [2.24, 2.45) is 17.9 Å². The summed E-state index contributed by atoms with van der Waals surface area (Å²) in [5.41, 5.74) is 6.09. The van der Waals surface area contributed by atoms with Crippen LogP contribution >= 0.6 is 11.6 Å². The Morgan fingerprint density at radius 2 is 1.73 bits per heavy atom. The molecular formula is C54H61ClF2N14O3. The van der Waals surface area contributed by atoms with E-state index in [-0.39, 0.29) is 35.6 Å². The van der Waals surface area contributed by atoms with Crippen molar-refractivity contribution >= 4 is 40.9 Å². The number of halogens is 3. The van der Waals surface area contributed by atoms with E-state index < -0.39 is 17.3 Å². The van der Waals surface area contributed by atoms with Crippen LogP contribution in [0.3, 0.4) is 0 Å². The molecule has 17 nitrogen and oxygen atoms in total. The average Bonchev–Trinajstić information content (AvgIpc) is 4.13. The number of carbonyl (C=O) groups excluding carboxylic acids is 2. The predicted octanol–water partition coefficient (Wildman–Crippen LogP) is 7.84. The first kappa shape index (κ1) is 49.3. The Morgan fingerprint density at radius 3 is 2.42 bits per heavy atom. The molecule has 1 saturated carbocycles. The van der Waals surface area contributed by atoms with E-state index in [1.807, 2.05) is 17.2 Å². The molecular weight excluding hydrogens is 966 g/mol. The van der Waals surface area contributed by atoms with Gasteiger partial charge < -0.3 is 29.3 Å². The topological polar surface area (TPSA) is 171 Å². The third-order valence-electron chi connectivity index (χ3n) is 16.2. The standard InChI is InChI=1S/C54H61ClF2N14O3/c1-32(72)68-14-12-44-42(30-68)48(70-13-7-8-33-20-40(36-27-62-65(6)29-36)41(47(56)57)23-45(33)70)64-71(44)37-11-15-69-38(21-37)28-59-46(69)31-66-16-18-67(19-17-66)52-60-25-35(26-61-52)49(73)63-50-53(2,3)51(54(50,4)5)74-39-10-9-34(24-58)43(55)22-39/h9-10,20,22-23,25-29,37,47,50-51H,7-8,11-19,21,30-31H2,1-6H3,(H,63,73). The number of imidazole rings is 1. The Morgan fingerprint density at radius 1 is 0.959 bits per heavy atom. The number of fused-ring (bicyclic) bond motifs is 3. The monoisotopic (exact) mass is 1030 g/mol. The molecule has 0 radical (unpaired) electrons. The Balaban J connectivity index is 0.729. The molecule has 5 aliphatic rings. The zero-order valence-electron chi connectivity index (χ0n) is 42.7. The number of nitriles is 1. The maximum atomic E-state index is 14.8. The summed E-state index contributed by atoms with van der Waals surface area (Å²) in [7, 11) is 1.78. The van der Waals surface area contributed by atoms with Gasteiger partial charge >= 0.3 is 0 Å². The smallest absolute Gasteiger partial charge is 0.264 e. The Kier molecular flexibility index (Phi) is 12.7. The number of carbonyl (C=O) groups is 2. The molecule has 1 atom stereocenters. The molecule has 2 aromatic carbocycles. The SMILES string of the molecule is CC(=O)N1CCc2c(c(N3CCCc4cc(-c5cnn(C)c5)c(C(F)F)cc43)nn2C2CCn3c(cnc3CN3CCN(c4ncc(C(=O)NC5C(C)(C)C(Oc6ccc(C#N)c(Cl)c6)C5(C)C)cn4)CC3)C2)C1. The lowest BCUT2D eigenvalue weighted by atomic mass is 9.49. The molecule has 74 heavy (non-hydrogen) atoms. The second-order valence-electron chi connectivity index (χ2n) is 21.7. The van der Waals surface area contributed by atoms with Crippen LogP contribution in [0.25, 0.3) is 11.1 Å². The van der Waals surface area contributed by atoms with Gasteiger partial charge in [0.05, 0.1) is 41.5 Å². The molecule has 2 fully saturated rings. The summed E-state index contributed by atoms with van der Waals surface area (Å²) in [5, 5.41) is 22.5. The zero-order chi connectivity index (χ0) is 51.8. The van der Waals surface area contributed by atoms with Crippen LogP contribution in [0.5, 0.6) is 5.75 Å². The van der Waals surface area contributed by atoms with Gasteiger partial charge in [-0.3, -0.25) is 23.9 Å². The van der Waals surface area contributed by atoms with Gasteiger partial charge in [0.25, 0.3) is 12.3 Å². The first-order chi connectivity index (χ1) is 35.5. The van der Waals surface area contributed by atoms with Gasteiger partial charge in [0.15, 0.2) is 5.82 Å². The summed E-state index contributed by atoms with van der Waals surface area (Å²) >= 11 is 6.28. The van der Waals surface area contributed by atoms with Crippen molar-refractivity contribution in [3.8, 4) is 22.9 Å². The number of ether oxygens (including phenoxy) is 1. The fraction of sp³-hybridized carbons (Fsp3) is 0.481. The van der Waals surface area contributed by atoms with Gasteiger partial charge in [0.2, 0.25) is 11.9 Å². The highest BCUT2D eigenvalue weighted by Gasteiger charge is 2.64. The van der Waals surface area contributed by atoms with Crippen molar-refractivity contribution in [3.63, 3.8) is 0 Å². The number of amides is 2. The second kappa shape index (κ2) is 19.1. The zero-order valence-corrected chi connectivity index (χ0v) is 43.4. The summed E-state index contributed by atoms with van der Waals surface area (Å²) in [6.45, 7) is 16.1. The number of hydrogen-bond acceptors (Lipinski definition) is 12. The maximum absolute atomic E-state index is 14.8. The van der Waals surface area contributed by atoms with Gasteiger partial charge in [-0.05, 0) is 54.7 Å². The van der Waals surface area contributed by atoms with E-state index in [4.69, 9.17) is 26.4 Å². The van der Waals surface area contributed by atoms with Crippen LogP contribution in [0.1, 0.15) is 110 Å². The van der Waals surface area contributed by atoms with Crippen LogP contribution in [-0.4, -0.2) is 112 Å². The van der Waals surface area contributed by atoms with Crippen molar-refractivity contribution in [1.82, 2.24) is 54.2 Å². The normalized spacial score (nSPS) is 21.1. The summed E-state index contributed by atoms with van der Waals surface area (Å²) in [6, 6.07) is 10.6. The molecule has 20 heteroatoms. The van der Waals surface area contributed by atoms with Crippen LogP contribution in [0, 0.1) is 22.2 Å². The molecule has 8 heterocycles. The quantitative estimate of drug-likeness (QED) is 0.134. The van der Waals surface area contributed by atoms with E-state index in [2.05, 4.69) is 78.1 Å². The number of nitrogens with zero attached hydrogens (tertiary/aromatic N) is 13. The van der Waals surface area contributed by atoms with Crippen LogP contribution < -0.4 is 19.9 Å². The molecule has 0 spiro atoms. The van der Waals surface area contributed by atoms with Gasteiger partial charge in [0.1, 0.15) is 23.7 Å². The van der Waals surface area contributed by atoms with Crippen LogP contribution in [0.4, 0.5) is 26.2 Å². The number of hydrogen-bond donors (Lipinski definition) is 1. The number of nitrogens with one attached hydrogen (secondary N) is 1. The van der Waals surface area contributed by atoms with E-state index in [1.165, 1.54) is 0 Å². The minimum absolute atomic E-state index is 0.00310. The van der Waals surface area contributed by atoms with E-state index in [9.17, 15) is 23.6 Å². The van der Waals surface area contributed by atoms with E-state index in [1.54, 1.807) is 67.7 Å². The highest BCUT2D eigenvalue weighted by Crippen LogP contribution is 2.56. The fourth-order valence-corrected chi connectivity index (χ4v) is 12.9. The third kappa shape index (κ3) is 8.82. The largest absolute Gasteiger partial charge is 0.489 e. The van der Waals surface area contributed by atoms with Gasteiger partial charge in [-0.15, -0.1) is 0 Å². The van der Waals surface area contributed by atoms with Crippen molar-refractivity contribution in [2.75, 3.05) is 49.1 Å². The predicted molar refractivity (Wildman–Crippen MR) is 274 cm³/mol. The minimum atomic E-state index is -2.68. The molecule has 1 aliphatic carbocycles. The van der Waals surface area contributed by atoms with Crippen LogP contribution in [-0.2, 0) is 50.7 Å². The first-order valence-corrected chi connectivity index (χ1v) is 25.9. The number of benzene rings is 2. The lowest BCUT2D eigenvalue weighted by Gasteiger charge is -2.63. The fourth-order valence-electron chi connectivity index (χ4n) is 12.6. The Hall–Kier alpha value is -6.91. The van der Waals surface area contributed by atoms with Gasteiger partial charge in [-0.25, -0.2) is 23.7 Å². The van der Waals surface area contributed by atoms with Crippen molar-refractivity contribution in [3.05, 3.63) is 111 Å². The molecule has 1 unspecified atom stereocenters. The minimum Gasteiger partial charge on any atom is -0.489 e. The molecule has 1 saturated heterocycles. The molecule has 6 aromatic rings. The number of rotatable bonds is 11. The van der Waals surface area contributed by atoms with Gasteiger partial charge in [0, 0.05) is 154 Å². The molecule has 11 rings (SSSR count).